The van der Waals surface area contributed by atoms with Crippen LogP contribution in [0, 0.1) is 0 Å². The van der Waals surface area contributed by atoms with Gasteiger partial charge in [0.1, 0.15) is 6.10 Å². The standard InChI is InChI=1S/C20H27N3O3/c24-18(22-12-4-5-13-22)17-8-9-20(26-17)10-14-23(15-11-20)19(25)21-16-6-2-1-3-7-16/h1-3,6-7,17H,4-5,8-15H2,(H,21,25). The lowest BCUT2D eigenvalue weighted by Crippen LogP contribution is -2.48. The number of para-hydroxylation sites is 1. The van der Waals surface area contributed by atoms with Gasteiger partial charge in [0.2, 0.25) is 0 Å². The molecule has 3 amide bonds. The Morgan fingerprint density at radius 3 is 2.35 bits per heavy atom. The lowest BCUT2D eigenvalue weighted by Gasteiger charge is -2.39. The van der Waals surface area contributed by atoms with E-state index in [1.54, 1.807) is 0 Å². The number of nitrogens with one attached hydrogen (secondary N) is 1. The van der Waals surface area contributed by atoms with Gasteiger partial charge < -0.3 is 19.9 Å². The van der Waals surface area contributed by atoms with Crippen LogP contribution in [0.3, 0.4) is 0 Å². The molecule has 1 N–H and O–H groups in total. The van der Waals surface area contributed by atoms with Crippen molar-refractivity contribution < 1.29 is 14.3 Å². The molecule has 1 spiro atoms. The van der Waals surface area contributed by atoms with Gasteiger partial charge in [-0.15, -0.1) is 0 Å². The molecule has 1 aromatic carbocycles. The van der Waals surface area contributed by atoms with Crippen molar-refractivity contribution in [2.45, 2.75) is 50.2 Å². The van der Waals surface area contributed by atoms with Crippen LogP contribution < -0.4 is 5.32 Å². The number of amides is 3. The third-order valence-electron chi connectivity index (χ3n) is 5.93. The fraction of sp³-hybridized carbons (Fsp3) is 0.600. The first kappa shape index (κ1) is 17.3. The van der Waals surface area contributed by atoms with Crippen LogP contribution in [-0.4, -0.2) is 59.6 Å². The van der Waals surface area contributed by atoms with Crippen LogP contribution >= 0.6 is 0 Å². The van der Waals surface area contributed by atoms with Crippen LogP contribution in [0.15, 0.2) is 30.3 Å². The number of rotatable bonds is 2. The molecule has 140 valence electrons. The highest BCUT2D eigenvalue weighted by Crippen LogP contribution is 2.39. The minimum absolute atomic E-state index is 0.0614. The molecule has 0 aromatic heterocycles. The molecule has 4 rings (SSSR count). The largest absolute Gasteiger partial charge is 0.362 e. The van der Waals surface area contributed by atoms with Crippen LogP contribution in [0.2, 0.25) is 0 Å². The summed E-state index contributed by atoms with van der Waals surface area (Å²) < 4.78 is 6.26. The van der Waals surface area contributed by atoms with Crippen molar-refractivity contribution in [1.29, 1.82) is 0 Å². The third-order valence-corrected chi connectivity index (χ3v) is 5.93. The molecular formula is C20H27N3O3. The third kappa shape index (κ3) is 3.56. The molecule has 1 atom stereocenters. The molecule has 3 saturated heterocycles. The molecule has 6 heteroatoms. The highest BCUT2D eigenvalue weighted by atomic mass is 16.5. The Balaban J connectivity index is 1.29. The fourth-order valence-electron chi connectivity index (χ4n) is 4.34. The molecule has 6 nitrogen and oxygen atoms in total. The first-order valence-electron chi connectivity index (χ1n) is 9.73. The molecular weight excluding hydrogens is 330 g/mol. The Morgan fingerprint density at radius 2 is 1.65 bits per heavy atom. The summed E-state index contributed by atoms with van der Waals surface area (Å²) in [5.41, 5.74) is 0.593. The van der Waals surface area contributed by atoms with E-state index in [-0.39, 0.29) is 23.6 Å². The summed E-state index contributed by atoms with van der Waals surface area (Å²) in [6.07, 6.45) is 5.27. The van der Waals surface area contributed by atoms with E-state index in [0.29, 0.717) is 13.1 Å². The van der Waals surface area contributed by atoms with Crippen LogP contribution in [0.1, 0.15) is 38.5 Å². The quantitative estimate of drug-likeness (QED) is 0.885. The summed E-state index contributed by atoms with van der Waals surface area (Å²) in [4.78, 5) is 28.8. The van der Waals surface area contributed by atoms with Gasteiger partial charge in [0.15, 0.2) is 0 Å². The minimum Gasteiger partial charge on any atom is -0.362 e. The Morgan fingerprint density at radius 1 is 0.962 bits per heavy atom. The van der Waals surface area contributed by atoms with Crippen molar-refractivity contribution in [3.05, 3.63) is 30.3 Å². The predicted octanol–water partition coefficient (Wildman–Crippen LogP) is 2.85. The Labute approximate surface area is 154 Å². The molecule has 3 aliphatic rings. The molecule has 3 fully saturated rings. The summed E-state index contributed by atoms with van der Waals surface area (Å²) in [6.45, 7) is 3.09. The van der Waals surface area contributed by atoms with Gasteiger partial charge >= 0.3 is 6.03 Å². The van der Waals surface area contributed by atoms with E-state index in [1.165, 1.54) is 0 Å². The number of carbonyl (C=O) groups excluding carboxylic acids is 2. The van der Waals surface area contributed by atoms with Crippen LogP contribution in [0.25, 0.3) is 0 Å². The molecule has 0 radical (unpaired) electrons. The maximum atomic E-state index is 12.6. The average Bonchev–Trinajstić information content (AvgIpc) is 3.33. The molecule has 3 aliphatic heterocycles. The van der Waals surface area contributed by atoms with Crippen molar-refractivity contribution in [3.8, 4) is 0 Å². The second kappa shape index (κ2) is 7.27. The predicted molar refractivity (Wildman–Crippen MR) is 98.9 cm³/mol. The normalized spacial score (nSPS) is 24.8. The second-order valence-corrected chi connectivity index (χ2v) is 7.64. The van der Waals surface area contributed by atoms with E-state index in [0.717, 1.165) is 57.3 Å². The lowest BCUT2D eigenvalue weighted by atomic mass is 9.88. The number of benzene rings is 1. The number of carbonyl (C=O) groups is 2. The number of urea groups is 1. The van der Waals surface area contributed by atoms with Gasteiger partial charge in [0.25, 0.3) is 5.91 Å². The van der Waals surface area contributed by atoms with Gasteiger partial charge in [-0.25, -0.2) is 4.79 Å². The number of ether oxygens (including phenoxy) is 1. The van der Waals surface area contributed by atoms with Gasteiger partial charge in [-0.05, 0) is 50.7 Å². The maximum Gasteiger partial charge on any atom is 0.321 e. The monoisotopic (exact) mass is 357 g/mol. The summed E-state index contributed by atoms with van der Waals surface area (Å²) in [5.74, 6) is 0.170. The fourth-order valence-corrected chi connectivity index (χ4v) is 4.34. The lowest BCUT2D eigenvalue weighted by molar-refractivity contribution is -0.149. The average molecular weight is 357 g/mol. The highest BCUT2D eigenvalue weighted by molar-refractivity contribution is 5.89. The molecule has 0 saturated carbocycles. The zero-order chi connectivity index (χ0) is 18.0. The van der Waals surface area contributed by atoms with E-state index in [1.807, 2.05) is 40.1 Å². The Kier molecular flexibility index (Phi) is 4.85. The summed E-state index contributed by atoms with van der Waals surface area (Å²) in [5, 5.41) is 2.94. The van der Waals surface area contributed by atoms with Gasteiger partial charge in [-0.3, -0.25) is 4.79 Å². The van der Waals surface area contributed by atoms with Gasteiger partial charge in [-0.2, -0.15) is 0 Å². The smallest absolute Gasteiger partial charge is 0.321 e. The number of likely N-dealkylation sites (tertiary alicyclic amines) is 2. The van der Waals surface area contributed by atoms with Gasteiger partial charge in [0, 0.05) is 31.9 Å². The SMILES string of the molecule is O=C(Nc1ccccc1)N1CCC2(CCC(C(=O)N3CCCC3)O2)CC1. The van der Waals surface area contributed by atoms with Crippen LogP contribution in [0.5, 0.6) is 0 Å². The summed E-state index contributed by atoms with van der Waals surface area (Å²) in [7, 11) is 0. The van der Waals surface area contributed by atoms with E-state index in [9.17, 15) is 9.59 Å². The number of anilines is 1. The van der Waals surface area contributed by atoms with Crippen molar-refractivity contribution >= 4 is 17.6 Å². The number of hydrogen-bond donors (Lipinski definition) is 1. The van der Waals surface area contributed by atoms with Crippen molar-refractivity contribution in [2.24, 2.45) is 0 Å². The summed E-state index contributed by atoms with van der Waals surface area (Å²) >= 11 is 0. The minimum atomic E-state index is -0.280. The van der Waals surface area contributed by atoms with Crippen molar-refractivity contribution in [1.82, 2.24) is 9.80 Å². The molecule has 26 heavy (non-hydrogen) atoms. The zero-order valence-electron chi connectivity index (χ0n) is 15.2. The van der Waals surface area contributed by atoms with Gasteiger partial charge in [-0.1, -0.05) is 18.2 Å². The van der Waals surface area contributed by atoms with E-state index >= 15 is 0 Å². The number of piperidine rings is 1. The highest BCUT2D eigenvalue weighted by Gasteiger charge is 2.46. The molecule has 0 aliphatic carbocycles. The molecule has 1 unspecified atom stereocenters. The Bertz CT molecular complexity index is 650. The second-order valence-electron chi connectivity index (χ2n) is 7.64. The van der Waals surface area contributed by atoms with Crippen LogP contribution in [0.4, 0.5) is 10.5 Å². The first-order chi connectivity index (χ1) is 12.7. The Hall–Kier alpha value is -2.08. The van der Waals surface area contributed by atoms with E-state index in [2.05, 4.69) is 5.32 Å². The first-order valence-corrected chi connectivity index (χ1v) is 9.73. The zero-order valence-corrected chi connectivity index (χ0v) is 15.2. The van der Waals surface area contributed by atoms with E-state index < -0.39 is 0 Å². The molecule has 3 heterocycles. The number of hydrogen-bond acceptors (Lipinski definition) is 3. The van der Waals surface area contributed by atoms with E-state index in [4.69, 9.17) is 4.74 Å². The summed E-state index contributed by atoms with van der Waals surface area (Å²) in [6, 6.07) is 9.46. The maximum absolute atomic E-state index is 12.6. The number of nitrogens with zero attached hydrogens (tertiary/aromatic N) is 2. The topological polar surface area (TPSA) is 61.9 Å². The van der Waals surface area contributed by atoms with Crippen molar-refractivity contribution in [3.63, 3.8) is 0 Å². The van der Waals surface area contributed by atoms with Crippen molar-refractivity contribution in [2.75, 3.05) is 31.5 Å². The molecule has 1 aromatic rings. The van der Waals surface area contributed by atoms with Crippen LogP contribution in [-0.2, 0) is 9.53 Å². The molecule has 0 bridgehead atoms. The van der Waals surface area contributed by atoms with Gasteiger partial charge in [0.05, 0.1) is 5.60 Å².